The molecule has 0 N–H and O–H groups in total. The van der Waals surface area contributed by atoms with Gasteiger partial charge in [0.05, 0.1) is 22.4 Å². The van der Waals surface area contributed by atoms with Crippen molar-refractivity contribution in [1.29, 1.82) is 0 Å². The van der Waals surface area contributed by atoms with Gasteiger partial charge in [-0.25, -0.2) is 4.90 Å². The van der Waals surface area contributed by atoms with Crippen molar-refractivity contribution in [3.8, 4) is 0 Å². The van der Waals surface area contributed by atoms with Crippen LogP contribution >= 0.6 is 0 Å². The zero-order valence-corrected chi connectivity index (χ0v) is 16.7. The molecule has 3 aliphatic carbocycles. The molecule has 2 atom stereocenters. The summed E-state index contributed by atoms with van der Waals surface area (Å²) < 4.78 is 0. The van der Waals surface area contributed by atoms with Crippen LogP contribution in [0.4, 0.5) is 11.4 Å². The molecule has 1 heterocycles. The Kier molecular flexibility index (Phi) is 3.55. The molecule has 7 rings (SSSR count). The Labute approximate surface area is 178 Å². The molecule has 6 nitrogen and oxygen atoms in total. The normalized spacial score (nSPS) is 25.3. The quantitative estimate of drug-likeness (QED) is 0.358. The van der Waals surface area contributed by atoms with E-state index in [1.807, 2.05) is 24.3 Å². The van der Waals surface area contributed by atoms with Crippen LogP contribution in [0, 0.1) is 28.9 Å². The van der Waals surface area contributed by atoms with Gasteiger partial charge in [0.1, 0.15) is 0 Å². The minimum Gasteiger partial charge on any atom is -0.274 e. The third kappa shape index (κ3) is 2.22. The molecule has 0 aromatic heterocycles. The molecule has 1 saturated heterocycles. The lowest BCUT2D eigenvalue weighted by molar-refractivity contribution is -0.384. The average molecular weight is 410 g/mol. The fraction of sp³-hybridized carbons (Fsp3) is 0.200. The van der Waals surface area contributed by atoms with Crippen LogP contribution in [0.3, 0.4) is 0 Å². The summed E-state index contributed by atoms with van der Waals surface area (Å²) in [6, 6.07) is 20.4. The second-order valence-electron chi connectivity index (χ2n) is 8.50. The number of carbonyl (C=O) groups excluding carboxylic acids is 2. The highest BCUT2D eigenvalue weighted by Gasteiger charge is 2.61. The van der Waals surface area contributed by atoms with Crippen LogP contribution in [0.2, 0.25) is 0 Å². The maximum atomic E-state index is 13.7. The number of non-ortho nitro benzene ring substituents is 1. The van der Waals surface area contributed by atoms with Crippen molar-refractivity contribution in [1.82, 2.24) is 0 Å². The van der Waals surface area contributed by atoms with E-state index in [-0.39, 0.29) is 29.3 Å². The molecule has 2 amide bonds. The minimum atomic E-state index is -0.504. The van der Waals surface area contributed by atoms with Gasteiger partial charge >= 0.3 is 0 Å². The third-order valence-corrected chi connectivity index (χ3v) is 7.09. The molecule has 6 heteroatoms. The maximum Gasteiger partial charge on any atom is 0.271 e. The number of anilines is 1. The van der Waals surface area contributed by atoms with Gasteiger partial charge in [-0.2, -0.15) is 0 Å². The molecule has 2 unspecified atom stereocenters. The van der Waals surface area contributed by atoms with Crippen LogP contribution in [-0.4, -0.2) is 16.7 Å². The first-order chi connectivity index (χ1) is 15.0. The number of hydrogen-bond acceptors (Lipinski definition) is 4. The smallest absolute Gasteiger partial charge is 0.271 e. The number of aryl methyl sites for hydroxylation is 1. The first kappa shape index (κ1) is 18.0. The summed E-state index contributed by atoms with van der Waals surface area (Å²) in [7, 11) is 0. The molecule has 2 bridgehead atoms. The summed E-state index contributed by atoms with van der Waals surface area (Å²) in [4.78, 5) is 39.5. The topological polar surface area (TPSA) is 80.5 Å². The molecule has 3 aromatic carbocycles. The second kappa shape index (κ2) is 6.11. The molecule has 152 valence electrons. The number of carbonyl (C=O) groups is 2. The highest BCUT2D eigenvalue weighted by Crippen LogP contribution is 2.61. The van der Waals surface area contributed by atoms with Gasteiger partial charge in [0.15, 0.2) is 0 Å². The molecule has 0 spiro atoms. The van der Waals surface area contributed by atoms with Gasteiger partial charge in [-0.15, -0.1) is 0 Å². The molecule has 1 fully saturated rings. The zero-order chi connectivity index (χ0) is 21.4. The Morgan fingerprint density at radius 2 is 1.23 bits per heavy atom. The molecular formula is C25H18N2O4. The van der Waals surface area contributed by atoms with Gasteiger partial charge in [0, 0.05) is 24.0 Å². The number of hydrogen-bond donors (Lipinski definition) is 0. The summed E-state index contributed by atoms with van der Waals surface area (Å²) in [6.07, 6.45) is 0. The molecule has 0 radical (unpaired) electrons. The predicted octanol–water partition coefficient (Wildman–Crippen LogP) is 4.30. The Bertz CT molecular complexity index is 1200. The van der Waals surface area contributed by atoms with Crippen LogP contribution < -0.4 is 4.90 Å². The van der Waals surface area contributed by atoms with Crippen LogP contribution in [0.25, 0.3) is 0 Å². The van der Waals surface area contributed by atoms with E-state index in [1.165, 1.54) is 17.0 Å². The fourth-order valence-corrected chi connectivity index (χ4v) is 5.87. The van der Waals surface area contributed by atoms with Gasteiger partial charge in [0.25, 0.3) is 5.69 Å². The first-order valence-electron chi connectivity index (χ1n) is 10.3. The molecule has 31 heavy (non-hydrogen) atoms. The molecule has 3 aromatic rings. The summed E-state index contributed by atoms with van der Waals surface area (Å²) in [5, 5.41) is 11.3. The van der Waals surface area contributed by atoms with Crippen molar-refractivity contribution in [2.45, 2.75) is 18.8 Å². The molecule has 0 saturated carbocycles. The molecule has 1 aliphatic heterocycles. The van der Waals surface area contributed by atoms with Crippen molar-refractivity contribution in [3.05, 3.63) is 105 Å². The summed E-state index contributed by atoms with van der Waals surface area (Å²) in [5.41, 5.74) is 5.25. The van der Waals surface area contributed by atoms with Gasteiger partial charge in [-0.3, -0.25) is 19.7 Å². The monoisotopic (exact) mass is 410 g/mol. The Balaban J connectivity index is 1.56. The lowest BCUT2D eigenvalue weighted by Crippen LogP contribution is -2.41. The van der Waals surface area contributed by atoms with Crippen molar-refractivity contribution in [3.63, 3.8) is 0 Å². The SMILES string of the molecule is Cc1ccc([N+](=O)[O-])cc1N1C(=O)C2C3c4ccccc4C(c4ccccc43)C2C1=O. The highest BCUT2D eigenvalue weighted by atomic mass is 16.6. The fourth-order valence-electron chi connectivity index (χ4n) is 5.87. The third-order valence-electron chi connectivity index (χ3n) is 7.09. The second-order valence-corrected chi connectivity index (χ2v) is 8.50. The van der Waals surface area contributed by atoms with E-state index in [0.29, 0.717) is 11.3 Å². The number of nitro groups is 1. The number of benzene rings is 3. The standard InChI is InChI=1S/C25H18N2O4/c1-13-10-11-14(27(30)31)12-19(13)26-24(28)22-20-15-6-2-3-7-16(15)21(23(22)25(26)29)18-9-5-4-8-17(18)20/h2-12,20-23H,1H3. The Morgan fingerprint density at radius 1 is 0.774 bits per heavy atom. The predicted molar refractivity (Wildman–Crippen MR) is 114 cm³/mol. The first-order valence-corrected chi connectivity index (χ1v) is 10.3. The van der Waals surface area contributed by atoms with Crippen molar-refractivity contribution < 1.29 is 14.5 Å². The van der Waals surface area contributed by atoms with E-state index < -0.39 is 16.8 Å². The van der Waals surface area contributed by atoms with Gasteiger partial charge in [0.2, 0.25) is 11.8 Å². The van der Waals surface area contributed by atoms with E-state index in [2.05, 4.69) is 24.3 Å². The molecule has 4 aliphatic rings. The average Bonchev–Trinajstić information content (AvgIpc) is 3.05. The molecular weight excluding hydrogens is 392 g/mol. The number of amides is 2. The van der Waals surface area contributed by atoms with Gasteiger partial charge in [-0.1, -0.05) is 54.6 Å². The minimum absolute atomic E-state index is 0.134. The Hall–Kier alpha value is -3.80. The lowest BCUT2D eigenvalue weighted by atomic mass is 9.55. The number of nitrogens with zero attached hydrogens (tertiary/aromatic N) is 2. The van der Waals surface area contributed by atoms with Crippen LogP contribution in [0.5, 0.6) is 0 Å². The van der Waals surface area contributed by atoms with Gasteiger partial charge < -0.3 is 0 Å². The number of imide groups is 1. The van der Waals surface area contributed by atoms with Crippen molar-refractivity contribution in [2.75, 3.05) is 4.90 Å². The van der Waals surface area contributed by atoms with Crippen LogP contribution in [-0.2, 0) is 9.59 Å². The maximum absolute atomic E-state index is 13.7. The summed E-state index contributed by atoms with van der Waals surface area (Å²) in [6.45, 7) is 1.76. The van der Waals surface area contributed by atoms with E-state index in [9.17, 15) is 19.7 Å². The number of rotatable bonds is 2. The highest BCUT2D eigenvalue weighted by molar-refractivity contribution is 6.23. The largest absolute Gasteiger partial charge is 0.274 e. The van der Waals surface area contributed by atoms with E-state index >= 15 is 0 Å². The number of nitro benzene ring substituents is 1. The van der Waals surface area contributed by atoms with Crippen LogP contribution in [0.1, 0.15) is 39.7 Å². The van der Waals surface area contributed by atoms with Crippen molar-refractivity contribution >= 4 is 23.2 Å². The van der Waals surface area contributed by atoms with E-state index in [1.54, 1.807) is 13.0 Å². The van der Waals surface area contributed by atoms with Gasteiger partial charge in [-0.05, 0) is 34.7 Å². The lowest BCUT2D eigenvalue weighted by Gasteiger charge is -2.45. The summed E-state index contributed by atoms with van der Waals surface area (Å²) in [5.74, 6) is -1.91. The van der Waals surface area contributed by atoms with Crippen LogP contribution in [0.15, 0.2) is 66.7 Å². The van der Waals surface area contributed by atoms with Crippen molar-refractivity contribution in [2.24, 2.45) is 11.8 Å². The Morgan fingerprint density at radius 3 is 1.65 bits per heavy atom. The summed E-state index contributed by atoms with van der Waals surface area (Å²) >= 11 is 0. The van der Waals surface area contributed by atoms with E-state index in [4.69, 9.17) is 0 Å². The van der Waals surface area contributed by atoms with E-state index in [0.717, 1.165) is 22.3 Å². The zero-order valence-electron chi connectivity index (χ0n) is 16.7.